The van der Waals surface area contributed by atoms with Gasteiger partial charge in [-0.2, -0.15) is 0 Å². The van der Waals surface area contributed by atoms with Gasteiger partial charge in [0.1, 0.15) is 23.7 Å². The van der Waals surface area contributed by atoms with E-state index < -0.39 is 0 Å². The van der Waals surface area contributed by atoms with Crippen LogP contribution < -0.4 is 9.47 Å². The van der Waals surface area contributed by atoms with E-state index >= 15 is 0 Å². The summed E-state index contributed by atoms with van der Waals surface area (Å²) in [6.07, 6.45) is 5.67. The van der Waals surface area contributed by atoms with Crippen molar-refractivity contribution in [2.24, 2.45) is 5.92 Å². The van der Waals surface area contributed by atoms with Gasteiger partial charge in [0, 0.05) is 30.1 Å². The summed E-state index contributed by atoms with van der Waals surface area (Å²) >= 11 is 0. The van der Waals surface area contributed by atoms with Crippen molar-refractivity contribution in [3.8, 4) is 11.5 Å². The number of hydrogen-bond donors (Lipinski definition) is 0. The first-order valence-electron chi connectivity index (χ1n) is 12.7. The summed E-state index contributed by atoms with van der Waals surface area (Å²) in [6.45, 7) is 13.2. The maximum Gasteiger partial charge on any atom is 0.126 e. The number of rotatable bonds is 8. The number of likely N-dealkylation sites (N-methyl/N-ethyl adjacent to an activating group) is 1. The van der Waals surface area contributed by atoms with Crippen LogP contribution in [0.25, 0.3) is 0 Å². The summed E-state index contributed by atoms with van der Waals surface area (Å²) in [5.74, 6) is 2.23. The molecule has 2 aromatic carbocycles. The van der Waals surface area contributed by atoms with E-state index in [0.29, 0.717) is 12.5 Å². The van der Waals surface area contributed by atoms with Crippen LogP contribution in [0.2, 0.25) is 0 Å². The van der Waals surface area contributed by atoms with Crippen molar-refractivity contribution in [2.75, 3.05) is 20.2 Å². The number of benzene rings is 2. The van der Waals surface area contributed by atoms with E-state index in [1.54, 1.807) is 0 Å². The van der Waals surface area contributed by atoms with Crippen LogP contribution in [0.15, 0.2) is 54.1 Å². The summed E-state index contributed by atoms with van der Waals surface area (Å²) in [5, 5.41) is 0. The van der Waals surface area contributed by atoms with Gasteiger partial charge in [0.15, 0.2) is 0 Å². The Hall–Kier alpha value is -2.30. The van der Waals surface area contributed by atoms with Gasteiger partial charge < -0.3 is 19.1 Å². The summed E-state index contributed by atoms with van der Waals surface area (Å²) in [4.78, 5) is 2.36. The molecule has 1 fully saturated rings. The van der Waals surface area contributed by atoms with E-state index in [4.69, 9.17) is 14.2 Å². The Morgan fingerprint density at radius 2 is 1.91 bits per heavy atom. The Morgan fingerprint density at radius 1 is 1.15 bits per heavy atom. The Bertz CT molecular complexity index is 994. The fourth-order valence-corrected chi connectivity index (χ4v) is 5.16. The zero-order valence-corrected chi connectivity index (χ0v) is 21.8. The number of allylic oxidation sites excluding steroid dienone is 1. The Morgan fingerprint density at radius 3 is 2.65 bits per heavy atom. The molecule has 0 saturated carbocycles. The maximum absolute atomic E-state index is 6.61. The zero-order chi connectivity index (χ0) is 24.3. The van der Waals surface area contributed by atoms with E-state index in [1.165, 1.54) is 11.1 Å². The molecule has 0 bridgehead atoms. The molecule has 2 aromatic rings. The lowest BCUT2D eigenvalue weighted by Crippen LogP contribution is -2.48. The minimum Gasteiger partial charge on any atom is -0.489 e. The van der Waals surface area contributed by atoms with Gasteiger partial charge in [-0.3, -0.25) is 0 Å². The molecule has 0 N–H and O–H groups in total. The molecule has 0 aliphatic carbocycles. The van der Waals surface area contributed by atoms with Crippen LogP contribution in [0.3, 0.4) is 0 Å². The maximum atomic E-state index is 6.61. The van der Waals surface area contributed by atoms with Crippen molar-refractivity contribution >= 4 is 0 Å². The molecular weight excluding hydrogens is 422 g/mol. The first-order valence-corrected chi connectivity index (χ1v) is 12.7. The third-order valence-corrected chi connectivity index (χ3v) is 7.19. The second kappa shape index (κ2) is 10.5. The van der Waals surface area contributed by atoms with E-state index in [-0.39, 0.29) is 17.8 Å². The average molecular weight is 464 g/mol. The number of hydrogen-bond acceptors (Lipinski definition) is 4. The molecule has 2 aliphatic heterocycles. The highest BCUT2D eigenvalue weighted by Crippen LogP contribution is 2.52. The van der Waals surface area contributed by atoms with Crippen LogP contribution in [0.1, 0.15) is 70.3 Å². The standard InChI is InChI=1S/C30H41NO3/c1-21(2)15-17-32-27-19-25-28(34-30(4,5)26-13-12-22(3)33-29(25)26)18-24(27)20-31(6)16-14-23-10-8-7-9-11-23/h7-11,15,18-19,22,26,29H,12-14,16-17,20H2,1-6H3/t22-,26-,29+/m0/s1. The van der Waals surface area contributed by atoms with Gasteiger partial charge >= 0.3 is 0 Å². The van der Waals surface area contributed by atoms with Gasteiger partial charge in [0.25, 0.3) is 0 Å². The minimum absolute atomic E-state index is 0.0539. The molecule has 0 unspecified atom stereocenters. The molecule has 34 heavy (non-hydrogen) atoms. The predicted octanol–water partition coefficient (Wildman–Crippen LogP) is 6.73. The zero-order valence-electron chi connectivity index (χ0n) is 21.8. The highest BCUT2D eigenvalue weighted by Gasteiger charge is 2.47. The number of fused-ring (bicyclic) bond motifs is 3. The van der Waals surface area contributed by atoms with Crippen LogP contribution in [0, 0.1) is 5.92 Å². The summed E-state index contributed by atoms with van der Waals surface area (Å²) in [5.41, 5.74) is 4.67. The van der Waals surface area contributed by atoms with E-state index in [2.05, 4.69) is 95.1 Å². The second-order valence-corrected chi connectivity index (χ2v) is 10.8. The Labute approximate surface area is 205 Å². The first-order chi connectivity index (χ1) is 16.2. The quantitative estimate of drug-likeness (QED) is 0.406. The molecule has 184 valence electrons. The smallest absolute Gasteiger partial charge is 0.126 e. The van der Waals surface area contributed by atoms with Crippen LogP contribution >= 0.6 is 0 Å². The normalized spacial score (nSPS) is 23.0. The molecule has 1 saturated heterocycles. The van der Waals surface area contributed by atoms with Gasteiger partial charge in [-0.05, 0) is 84.7 Å². The van der Waals surface area contributed by atoms with Crippen molar-refractivity contribution in [1.82, 2.24) is 4.90 Å². The van der Waals surface area contributed by atoms with Gasteiger partial charge in [0.2, 0.25) is 0 Å². The van der Waals surface area contributed by atoms with Crippen molar-refractivity contribution in [3.63, 3.8) is 0 Å². The molecule has 0 aromatic heterocycles. The fourth-order valence-electron chi connectivity index (χ4n) is 5.16. The minimum atomic E-state index is -0.251. The van der Waals surface area contributed by atoms with Crippen LogP contribution in [-0.4, -0.2) is 36.8 Å². The topological polar surface area (TPSA) is 30.9 Å². The molecule has 4 heteroatoms. The highest BCUT2D eigenvalue weighted by atomic mass is 16.5. The fraction of sp³-hybridized carbons (Fsp3) is 0.533. The molecule has 2 heterocycles. The van der Waals surface area contributed by atoms with Gasteiger partial charge in [-0.15, -0.1) is 0 Å². The van der Waals surface area contributed by atoms with Gasteiger partial charge in [-0.1, -0.05) is 35.9 Å². The molecule has 0 amide bonds. The van der Waals surface area contributed by atoms with E-state index in [9.17, 15) is 0 Å². The summed E-state index contributed by atoms with van der Waals surface area (Å²) in [6, 6.07) is 15.1. The number of ether oxygens (including phenoxy) is 3. The molecule has 0 spiro atoms. The molecule has 0 radical (unpaired) electrons. The van der Waals surface area contributed by atoms with Crippen LogP contribution in [0.4, 0.5) is 0 Å². The third-order valence-electron chi connectivity index (χ3n) is 7.19. The number of nitrogens with zero attached hydrogens (tertiary/aromatic N) is 1. The van der Waals surface area contributed by atoms with E-state index in [0.717, 1.165) is 55.0 Å². The lowest BCUT2D eigenvalue weighted by molar-refractivity contribution is -0.144. The first kappa shape index (κ1) is 24.8. The molecule has 4 nitrogen and oxygen atoms in total. The molecule has 2 aliphatic rings. The summed E-state index contributed by atoms with van der Waals surface area (Å²) in [7, 11) is 2.18. The van der Waals surface area contributed by atoms with Crippen molar-refractivity contribution < 1.29 is 14.2 Å². The highest BCUT2D eigenvalue weighted by molar-refractivity contribution is 5.50. The van der Waals surface area contributed by atoms with Gasteiger partial charge in [0.05, 0.1) is 12.2 Å². The molecular formula is C30H41NO3. The van der Waals surface area contributed by atoms with Crippen LogP contribution in [0.5, 0.6) is 11.5 Å². The SMILES string of the molecule is CC(C)=CCOc1cc2c(cc1CN(C)CCc1ccccc1)OC(C)(C)[C@H]1CC[C@H](C)O[C@H]21. The Balaban J connectivity index is 1.60. The van der Waals surface area contributed by atoms with Crippen LogP contribution in [-0.2, 0) is 17.7 Å². The van der Waals surface area contributed by atoms with Crippen molar-refractivity contribution in [1.29, 1.82) is 0 Å². The Kier molecular flexibility index (Phi) is 7.69. The second-order valence-electron chi connectivity index (χ2n) is 10.8. The van der Waals surface area contributed by atoms with Gasteiger partial charge in [-0.25, -0.2) is 0 Å². The lowest BCUT2D eigenvalue weighted by atomic mass is 9.75. The van der Waals surface area contributed by atoms with E-state index in [1.807, 2.05) is 0 Å². The monoisotopic (exact) mass is 463 g/mol. The predicted molar refractivity (Wildman–Crippen MR) is 139 cm³/mol. The molecule has 4 rings (SSSR count). The summed E-state index contributed by atoms with van der Waals surface area (Å²) < 4.78 is 19.4. The van der Waals surface area contributed by atoms with Crippen molar-refractivity contribution in [3.05, 3.63) is 70.8 Å². The lowest BCUT2D eigenvalue weighted by Gasteiger charge is -2.48. The molecule has 3 atom stereocenters. The van der Waals surface area contributed by atoms with Crippen molar-refractivity contribution in [2.45, 2.75) is 78.2 Å². The third kappa shape index (κ3) is 5.84. The largest absolute Gasteiger partial charge is 0.489 e. The average Bonchev–Trinajstić information content (AvgIpc) is 2.78.